The summed E-state index contributed by atoms with van der Waals surface area (Å²) in [5.41, 5.74) is 5.65. The zero-order chi connectivity index (χ0) is 40.2. The van der Waals surface area contributed by atoms with Crippen LogP contribution in [0.15, 0.2) is 59.7 Å². The van der Waals surface area contributed by atoms with Gasteiger partial charge in [-0.05, 0) is 125 Å². The van der Waals surface area contributed by atoms with Crippen LogP contribution in [0.2, 0.25) is 0 Å². The summed E-state index contributed by atoms with van der Waals surface area (Å²) < 4.78 is 0. The molecular formula is C48H68N8O2. The van der Waals surface area contributed by atoms with Gasteiger partial charge in [0.2, 0.25) is 11.8 Å². The minimum Gasteiger partial charge on any atom is -0.363 e. The molecule has 312 valence electrons. The fraction of sp³-hybridized carbons (Fsp3) is 0.625. The fourth-order valence-corrected chi connectivity index (χ4v) is 11.2. The monoisotopic (exact) mass is 789 g/mol. The van der Waals surface area contributed by atoms with Crippen molar-refractivity contribution in [2.24, 2.45) is 16.8 Å². The van der Waals surface area contributed by atoms with Crippen molar-refractivity contribution in [3.63, 3.8) is 0 Å². The minimum absolute atomic E-state index is 0.0302. The smallest absolute Gasteiger partial charge is 0.226 e. The van der Waals surface area contributed by atoms with Gasteiger partial charge in [-0.15, -0.1) is 0 Å². The molecule has 1 aromatic heterocycles. The van der Waals surface area contributed by atoms with Gasteiger partial charge < -0.3 is 29.9 Å². The molecule has 2 saturated carbocycles. The van der Waals surface area contributed by atoms with Gasteiger partial charge in [0.1, 0.15) is 11.7 Å². The molecule has 8 rings (SSSR count). The highest BCUT2D eigenvalue weighted by molar-refractivity contribution is 5.94. The molecule has 58 heavy (non-hydrogen) atoms. The molecule has 3 aliphatic heterocycles. The predicted molar refractivity (Wildman–Crippen MR) is 233 cm³/mol. The normalized spacial score (nSPS) is 27.7. The number of amides is 2. The van der Waals surface area contributed by atoms with E-state index in [9.17, 15) is 9.59 Å². The number of carbonyl (C=O) groups excluding carboxylic acids is 2. The second kappa shape index (κ2) is 18.5. The first kappa shape index (κ1) is 40.7. The summed E-state index contributed by atoms with van der Waals surface area (Å²) in [6.07, 6.45) is 14.5. The van der Waals surface area contributed by atoms with E-state index >= 15 is 0 Å². The number of nitrogens with one attached hydrogen (secondary N) is 2. The lowest BCUT2D eigenvalue weighted by atomic mass is 9.84. The molecule has 2 aliphatic carbocycles. The van der Waals surface area contributed by atoms with Crippen LogP contribution in [0.1, 0.15) is 128 Å². The van der Waals surface area contributed by atoms with E-state index in [0.717, 1.165) is 139 Å². The van der Waals surface area contributed by atoms with E-state index in [1.807, 2.05) is 6.20 Å². The number of aromatic amines is 1. The Bertz CT molecular complexity index is 1850. The van der Waals surface area contributed by atoms with E-state index in [2.05, 4.69) is 106 Å². The van der Waals surface area contributed by atoms with Crippen LogP contribution < -0.4 is 5.32 Å². The van der Waals surface area contributed by atoms with Crippen molar-refractivity contribution in [2.45, 2.75) is 135 Å². The van der Waals surface area contributed by atoms with Crippen molar-refractivity contribution in [2.75, 3.05) is 45.8 Å². The molecule has 4 heterocycles. The maximum atomic E-state index is 13.8. The predicted octanol–water partition coefficient (Wildman–Crippen LogP) is 8.24. The molecule has 1 unspecified atom stereocenters. The topological polar surface area (TPSA) is 100 Å². The van der Waals surface area contributed by atoms with Gasteiger partial charge in [0.25, 0.3) is 0 Å². The molecule has 2 N–H and O–H groups in total. The summed E-state index contributed by atoms with van der Waals surface area (Å²) in [6.45, 7) is 15.7. The van der Waals surface area contributed by atoms with Gasteiger partial charge in [-0.3, -0.25) is 14.6 Å². The minimum atomic E-state index is 0.0302. The fourth-order valence-electron chi connectivity index (χ4n) is 11.2. The Morgan fingerprint density at radius 3 is 1.66 bits per heavy atom. The van der Waals surface area contributed by atoms with Crippen LogP contribution in [0.4, 0.5) is 0 Å². The molecule has 3 aromatic rings. The number of aromatic nitrogens is 2. The number of carbonyl (C=O) groups is 2. The lowest BCUT2D eigenvalue weighted by Gasteiger charge is -2.37. The number of imidazole rings is 1. The van der Waals surface area contributed by atoms with Crippen molar-refractivity contribution < 1.29 is 9.59 Å². The first-order valence-corrected chi connectivity index (χ1v) is 23.0. The van der Waals surface area contributed by atoms with E-state index in [1.165, 1.54) is 16.7 Å². The maximum Gasteiger partial charge on any atom is 0.226 e. The highest BCUT2D eigenvalue weighted by Gasteiger charge is 2.40. The summed E-state index contributed by atoms with van der Waals surface area (Å²) in [6, 6.07) is 19.0. The second-order valence-corrected chi connectivity index (χ2v) is 17.6. The lowest BCUT2D eigenvalue weighted by molar-refractivity contribution is -0.138. The largest absolute Gasteiger partial charge is 0.363 e. The average Bonchev–Trinajstić information content (AvgIpc) is 4.12. The highest BCUT2D eigenvalue weighted by atomic mass is 16.2. The Hall–Kier alpha value is -4.02. The molecule has 10 nitrogen and oxygen atoms in total. The maximum absolute atomic E-state index is 13.8. The van der Waals surface area contributed by atoms with Gasteiger partial charge in [-0.25, -0.2) is 4.98 Å². The van der Waals surface area contributed by atoms with Gasteiger partial charge in [0, 0.05) is 37.0 Å². The zero-order valence-electron chi connectivity index (χ0n) is 35.7. The Balaban J connectivity index is 0.838. The number of nitrogens with zero attached hydrogens (tertiary/aromatic N) is 6. The van der Waals surface area contributed by atoms with Gasteiger partial charge in [-0.1, -0.05) is 76.2 Å². The first-order valence-electron chi connectivity index (χ1n) is 23.0. The Kier molecular flexibility index (Phi) is 13.0. The molecule has 2 saturated heterocycles. The van der Waals surface area contributed by atoms with Crippen molar-refractivity contribution in [1.29, 1.82) is 0 Å². The van der Waals surface area contributed by atoms with Gasteiger partial charge in [-0.2, -0.15) is 0 Å². The molecular weight excluding hydrogens is 721 g/mol. The SMILES string of the molecule is CCN(CC)C1CCC(C(=O)N2CCC[C@H]2C2=NCC(c3ccc(-c4ccc(-c5cnc([C@@H]6CCCN6C(=O)C6CCC(N(CC)CC)CC6)[nH]5)cc4)cc3)N2)CC1. The molecule has 5 aliphatic rings. The van der Waals surface area contributed by atoms with E-state index < -0.39 is 0 Å². The zero-order valence-corrected chi connectivity index (χ0v) is 35.7. The number of hydrogen-bond donors (Lipinski definition) is 2. The summed E-state index contributed by atoms with van der Waals surface area (Å²) in [5.74, 6) is 2.88. The van der Waals surface area contributed by atoms with Gasteiger partial charge >= 0.3 is 0 Å². The third kappa shape index (κ3) is 8.51. The summed E-state index contributed by atoms with van der Waals surface area (Å²) in [5, 5.41) is 3.73. The van der Waals surface area contributed by atoms with Crippen molar-refractivity contribution in [1.82, 2.24) is 34.9 Å². The van der Waals surface area contributed by atoms with Crippen LogP contribution in [0.3, 0.4) is 0 Å². The molecule has 4 fully saturated rings. The van der Waals surface area contributed by atoms with E-state index in [0.29, 0.717) is 30.4 Å². The van der Waals surface area contributed by atoms with Crippen LogP contribution in [-0.4, -0.2) is 111 Å². The quantitative estimate of drug-likeness (QED) is 0.181. The van der Waals surface area contributed by atoms with Crippen molar-refractivity contribution in [3.05, 3.63) is 66.1 Å². The van der Waals surface area contributed by atoms with Crippen molar-refractivity contribution >= 4 is 17.6 Å². The Morgan fingerprint density at radius 1 is 0.638 bits per heavy atom. The lowest BCUT2D eigenvalue weighted by Crippen LogP contribution is -2.48. The second-order valence-electron chi connectivity index (χ2n) is 17.6. The van der Waals surface area contributed by atoms with E-state index in [4.69, 9.17) is 9.98 Å². The Labute approximate surface area is 347 Å². The number of H-pyrrole nitrogens is 1. The number of benzene rings is 2. The molecule has 0 bridgehead atoms. The molecule has 3 atom stereocenters. The number of amidine groups is 1. The van der Waals surface area contributed by atoms with Crippen LogP contribution >= 0.6 is 0 Å². The van der Waals surface area contributed by atoms with Crippen LogP contribution in [0.25, 0.3) is 22.4 Å². The first-order chi connectivity index (χ1) is 28.4. The molecule has 10 heteroatoms. The molecule has 0 radical (unpaired) electrons. The molecule has 2 amide bonds. The third-order valence-corrected chi connectivity index (χ3v) is 14.7. The highest BCUT2D eigenvalue weighted by Crippen LogP contribution is 2.37. The molecule has 0 spiro atoms. The van der Waals surface area contributed by atoms with Gasteiger partial charge in [0.15, 0.2) is 0 Å². The van der Waals surface area contributed by atoms with E-state index in [-0.39, 0.29) is 30.0 Å². The van der Waals surface area contributed by atoms with Crippen LogP contribution in [0, 0.1) is 11.8 Å². The number of hydrogen-bond acceptors (Lipinski definition) is 7. The standard InChI is InChI=1S/C48H68N8O2/c1-5-53(6-2)39-25-21-37(22-26-39)47(57)55-29-9-11-43(55)45-49-31-41(51-45)35-17-13-33(14-18-35)34-15-19-36(20-16-34)42-32-50-46(52-42)44-12-10-30-56(44)48(58)38-23-27-40(28-24-38)54(7-3)8-4/h13-20,31,37-40,42-44H,5-12,21-30,32H2,1-4H3,(H,49,51)(H,50,52)/t37?,38?,39?,40?,42?,43-,44-/m0/s1. The van der Waals surface area contributed by atoms with E-state index in [1.54, 1.807) is 0 Å². The van der Waals surface area contributed by atoms with Crippen LogP contribution in [0.5, 0.6) is 0 Å². The van der Waals surface area contributed by atoms with Gasteiger partial charge in [0.05, 0.1) is 36.6 Å². The number of rotatable bonds is 13. The number of aliphatic imine (C=N–C) groups is 1. The summed E-state index contributed by atoms with van der Waals surface area (Å²) >= 11 is 0. The number of likely N-dealkylation sites (tertiary alicyclic amines) is 2. The Morgan fingerprint density at radius 2 is 1.12 bits per heavy atom. The average molecular weight is 789 g/mol. The van der Waals surface area contributed by atoms with Crippen molar-refractivity contribution in [3.8, 4) is 22.4 Å². The summed E-state index contributed by atoms with van der Waals surface area (Å²) in [4.78, 5) is 50.4. The van der Waals surface area contributed by atoms with Crippen LogP contribution in [-0.2, 0) is 9.59 Å². The summed E-state index contributed by atoms with van der Waals surface area (Å²) in [7, 11) is 0. The molecule has 2 aromatic carbocycles. The third-order valence-electron chi connectivity index (χ3n) is 14.7.